The Hall–Kier alpha value is -3.17. The van der Waals surface area contributed by atoms with Gasteiger partial charge in [-0.25, -0.2) is 9.07 Å². The highest BCUT2D eigenvalue weighted by Gasteiger charge is 2.12. The SMILES string of the molecule is N#Cc1ccc(CNC(=O)c2ccn(-c3ccccc3Cl)n2)c(F)c1. The molecule has 0 saturated heterocycles. The molecule has 7 heteroatoms. The maximum Gasteiger partial charge on any atom is 0.272 e. The number of rotatable bonds is 4. The molecule has 5 nitrogen and oxygen atoms in total. The number of nitriles is 1. The zero-order valence-electron chi connectivity index (χ0n) is 12.9. The molecule has 0 radical (unpaired) electrons. The second-order valence-corrected chi connectivity index (χ2v) is 5.60. The summed E-state index contributed by atoms with van der Waals surface area (Å²) in [6.45, 7) is -0.00463. The van der Waals surface area contributed by atoms with Crippen LogP contribution in [0.25, 0.3) is 5.69 Å². The smallest absolute Gasteiger partial charge is 0.272 e. The first-order chi connectivity index (χ1) is 12.1. The van der Waals surface area contributed by atoms with E-state index in [4.69, 9.17) is 16.9 Å². The molecule has 0 fully saturated rings. The van der Waals surface area contributed by atoms with Crippen molar-refractivity contribution in [1.82, 2.24) is 15.1 Å². The van der Waals surface area contributed by atoms with E-state index in [2.05, 4.69) is 10.4 Å². The van der Waals surface area contributed by atoms with E-state index in [1.54, 1.807) is 30.5 Å². The molecule has 0 saturated carbocycles. The lowest BCUT2D eigenvalue weighted by atomic mass is 10.1. The molecule has 1 heterocycles. The van der Waals surface area contributed by atoms with E-state index in [9.17, 15) is 9.18 Å². The van der Waals surface area contributed by atoms with E-state index in [-0.39, 0.29) is 23.4 Å². The molecule has 0 atom stereocenters. The van der Waals surface area contributed by atoms with Crippen LogP contribution in [0.3, 0.4) is 0 Å². The number of nitrogens with zero attached hydrogens (tertiary/aromatic N) is 3. The molecule has 0 aliphatic heterocycles. The van der Waals surface area contributed by atoms with Crippen LogP contribution < -0.4 is 5.32 Å². The fourth-order valence-electron chi connectivity index (χ4n) is 2.24. The van der Waals surface area contributed by atoms with Gasteiger partial charge in [0.15, 0.2) is 5.69 Å². The summed E-state index contributed by atoms with van der Waals surface area (Å²) in [6, 6.07) is 14.6. The second kappa shape index (κ2) is 7.16. The summed E-state index contributed by atoms with van der Waals surface area (Å²) in [7, 11) is 0. The maximum atomic E-state index is 13.8. The van der Waals surface area contributed by atoms with Gasteiger partial charge in [-0.15, -0.1) is 0 Å². The number of hydrogen-bond acceptors (Lipinski definition) is 3. The van der Waals surface area contributed by atoms with E-state index in [0.29, 0.717) is 10.7 Å². The van der Waals surface area contributed by atoms with Gasteiger partial charge >= 0.3 is 0 Å². The van der Waals surface area contributed by atoms with Crippen LogP contribution in [0.5, 0.6) is 0 Å². The lowest BCUT2D eigenvalue weighted by Crippen LogP contribution is -2.24. The van der Waals surface area contributed by atoms with Gasteiger partial charge < -0.3 is 5.32 Å². The van der Waals surface area contributed by atoms with Crippen LogP contribution in [0.1, 0.15) is 21.6 Å². The van der Waals surface area contributed by atoms with Crippen LogP contribution in [0, 0.1) is 17.1 Å². The topological polar surface area (TPSA) is 70.7 Å². The van der Waals surface area contributed by atoms with Crippen molar-refractivity contribution in [3.8, 4) is 11.8 Å². The fourth-order valence-corrected chi connectivity index (χ4v) is 2.47. The van der Waals surface area contributed by atoms with Gasteiger partial charge in [0.25, 0.3) is 5.91 Å². The minimum absolute atomic E-state index is 0.00463. The van der Waals surface area contributed by atoms with Crippen molar-refractivity contribution in [2.75, 3.05) is 0 Å². The first-order valence-electron chi connectivity index (χ1n) is 7.36. The second-order valence-electron chi connectivity index (χ2n) is 5.20. The van der Waals surface area contributed by atoms with Gasteiger partial charge in [0.05, 0.1) is 22.3 Å². The minimum Gasteiger partial charge on any atom is -0.346 e. The molecule has 1 N–H and O–H groups in total. The van der Waals surface area contributed by atoms with Gasteiger partial charge in [-0.1, -0.05) is 29.8 Å². The zero-order valence-corrected chi connectivity index (χ0v) is 13.7. The first kappa shape index (κ1) is 16.7. The fraction of sp³-hybridized carbons (Fsp3) is 0.0556. The van der Waals surface area contributed by atoms with E-state index in [0.717, 1.165) is 6.07 Å². The van der Waals surface area contributed by atoms with Crippen molar-refractivity contribution in [1.29, 1.82) is 5.26 Å². The van der Waals surface area contributed by atoms with Crippen molar-refractivity contribution < 1.29 is 9.18 Å². The largest absolute Gasteiger partial charge is 0.346 e. The number of halogens is 2. The van der Waals surface area contributed by atoms with Crippen LogP contribution in [-0.4, -0.2) is 15.7 Å². The Morgan fingerprint density at radius 3 is 2.80 bits per heavy atom. The Bertz CT molecular complexity index is 977. The average Bonchev–Trinajstić information content (AvgIpc) is 3.10. The first-order valence-corrected chi connectivity index (χ1v) is 7.73. The van der Waals surface area contributed by atoms with Crippen LogP contribution in [-0.2, 0) is 6.54 Å². The molecule has 1 aromatic heterocycles. The van der Waals surface area contributed by atoms with Crippen LogP contribution in [0.2, 0.25) is 5.02 Å². The van der Waals surface area contributed by atoms with Gasteiger partial charge in [-0.3, -0.25) is 4.79 Å². The third kappa shape index (κ3) is 3.67. The zero-order chi connectivity index (χ0) is 17.8. The predicted octanol–water partition coefficient (Wildman–Crippen LogP) is 3.47. The summed E-state index contributed by atoms with van der Waals surface area (Å²) >= 11 is 6.10. The molecule has 25 heavy (non-hydrogen) atoms. The summed E-state index contributed by atoms with van der Waals surface area (Å²) in [5.41, 5.74) is 1.36. The highest BCUT2D eigenvalue weighted by molar-refractivity contribution is 6.32. The van der Waals surface area contributed by atoms with Gasteiger partial charge in [0.2, 0.25) is 0 Å². The third-order valence-electron chi connectivity index (χ3n) is 3.54. The van der Waals surface area contributed by atoms with E-state index >= 15 is 0 Å². The molecule has 3 aromatic rings. The Morgan fingerprint density at radius 2 is 2.08 bits per heavy atom. The number of benzene rings is 2. The van der Waals surface area contributed by atoms with Crippen LogP contribution >= 0.6 is 11.6 Å². The van der Waals surface area contributed by atoms with E-state index in [1.165, 1.54) is 16.8 Å². The van der Waals surface area contributed by atoms with Gasteiger partial charge in [0.1, 0.15) is 5.82 Å². The number of nitrogens with one attached hydrogen (secondary N) is 1. The Labute approximate surface area is 148 Å². The molecule has 0 aliphatic carbocycles. The van der Waals surface area contributed by atoms with Crippen molar-refractivity contribution >= 4 is 17.5 Å². The minimum atomic E-state index is -0.541. The number of carbonyl (C=O) groups is 1. The molecule has 1 amide bonds. The van der Waals surface area contributed by atoms with Crippen molar-refractivity contribution in [3.05, 3.63) is 82.4 Å². The van der Waals surface area contributed by atoms with Crippen molar-refractivity contribution in [2.24, 2.45) is 0 Å². The molecule has 124 valence electrons. The molecular weight excluding hydrogens is 343 g/mol. The molecule has 0 bridgehead atoms. The number of amides is 1. The molecule has 0 spiro atoms. The normalized spacial score (nSPS) is 10.3. The quantitative estimate of drug-likeness (QED) is 0.779. The molecule has 0 unspecified atom stereocenters. The van der Waals surface area contributed by atoms with Crippen molar-refractivity contribution in [3.63, 3.8) is 0 Å². The Balaban J connectivity index is 1.71. The van der Waals surface area contributed by atoms with E-state index in [1.807, 2.05) is 12.1 Å². The number of carbonyl (C=O) groups excluding carboxylic acids is 1. The van der Waals surface area contributed by atoms with E-state index < -0.39 is 11.7 Å². The molecule has 3 rings (SSSR count). The third-order valence-corrected chi connectivity index (χ3v) is 3.86. The number of aromatic nitrogens is 2. The summed E-state index contributed by atoms with van der Waals surface area (Å²) in [5, 5.41) is 16.0. The van der Waals surface area contributed by atoms with Gasteiger partial charge in [-0.2, -0.15) is 10.4 Å². The van der Waals surface area contributed by atoms with Crippen LogP contribution in [0.4, 0.5) is 4.39 Å². The average molecular weight is 355 g/mol. The highest BCUT2D eigenvalue weighted by atomic mass is 35.5. The monoisotopic (exact) mass is 354 g/mol. The molecular formula is C18H12ClFN4O. The Morgan fingerprint density at radius 1 is 1.28 bits per heavy atom. The number of para-hydroxylation sites is 1. The summed E-state index contributed by atoms with van der Waals surface area (Å²) in [6.07, 6.45) is 1.62. The van der Waals surface area contributed by atoms with Gasteiger partial charge in [0, 0.05) is 18.3 Å². The lowest BCUT2D eigenvalue weighted by Gasteiger charge is -2.06. The highest BCUT2D eigenvalue weighted by Crippen LogP contribution is 2.19. The van der Waals surface area contributed by atoms with Gasteiger partial charge in [-0.05, 0) is 30.3 Å². The maximum absolute atomic E-state index is 13.8. The predicted molar refractivity (Wildman–Crippen MR) is 90.9 cm³/mol. The summed E-state index contributed by atoms with van der Waals surface area (Å²) in [5.74, 6) is -0.976. The molecule has 2 aromatic carbocycles. The lowest BCUT2D eigenvalue weighted by molar-refractivity contribution is 0.0945. The van der Waals surface area contributed by atoms with Crippen molar-refractivity contribution in [2.45, 2.75) is 6.54 Å². The standard InChI is InChI=1S/C18H12ClFN4O/c19-14-3-1-2-4-17(14)24-8-7-16(23-24)18(25)22-11-13-6-5-12(10-21)9-15(13)20/h1-9H,11H2,(H,22,25). The number of hydrogen-bond donors (Lipinski definition) is 1. The molecule has 0 aliphatic rings. The Kier molecular flexibility index (Phi) is 4.78. The summed E-state index contributed by atoms with van der Waals surface area (Å²) in [4.78, 5) is 12.2. The van der Waals surface area contributed by atoms with Crippen LogP contribution in [0.15, 0.2) is 54.7 Å². The summed E-state index contributed by atoms with van der Waals surface area (Å²) < 4.78 is 15.3.